The number of halogens is 3. The van der Waals surface area contributed by atoms with Crippen LogP contribution in [0.3, 0.4) is 0 Å². The summed E-state index contributed by atoms with van der Waals surface area (Å²) in [5, 5.41) is 0. The third-order valence-corrected chi connectivity index (χ3v) is 3.18. The van der Waals surface area contributed by atoms with Crippen LogP contribution < -0.4 is 5.73 Å². The topological polar surface area (TPSA) is 26.0 Å². The van der Waals surface area contributed by atoms with Gasteiger partial charge in [0.15, 0.2) is 0 Å². The molecule has 1 nitrogen and oxygen atoms in total. The molecule has 0 heterocycles. The SMILES string of the molecule is NC1CCC/C(=C\c2cccc(C(F)(F)F)c2)C1. The molecule has 18 heavy (non-hydrogen) atoms. The van der Waals surface area contributed by atoms with E-state index in [2.05, 4.69) is 0 Å². The number of benzene rings is 1. The van der Waals surface area contributed by atoms with Gasteiger partial charge in [0.2, 0.25) is 0 Å². The van der Waals surface area contributed by atoms with Crippen molar-refractivity contribution in [3.8, 4) is 0 Å². The van der Waals surface area contributed by atoms with Gasteiger partial charge >= 0.3 is 6.18 Å². The molecule has 1 aliphatic rings. The van der Waals surface area contributed by atoms with Crippen LogP contribution in [0.1, 0.15) is 36.8 Å². The standard InChI is InChI=1S/C14H16F3N/c15-14(16,17)12-5-1-3-10(8-12)7-11-4-2-6-13(18)9-11/h1,3,5,7-8,13H,2,4,6,9,18H2/b11-7+. The molecular formula is C14H16F3N. The average Bonchev–Trinajstić information content (AvgIpc) is 2.28. The van der Waals surface area contributed by atoms with Crippen LogP contribution in [0.2, 0.25) is 0 Å². The van der Waals surface area contributed by atoms with E-state index < -0.39 is 11.7 Å². The maximum Gasteiger partial charge on any atom is 0.416 e. The van der Waals surface area contributed by atoms with Gasteiger partial charge in [0, 0.05) is 6.04 Å². The van der Waals surface area contributed by atoms with E-state index in [4.69, 9.17) is 5.73 Å². The van der Waals surface area contributed by atoms with E-state index in [1.54, 1.807) is 6.07 Å². The summed E-state index contributed by atoms with van der Waals surface area (Å²) in [5.74, 6) is 0. The lowest BCUT2D eigenvalue weighted by atomic mass is 9.90. The summed E-state index contributed by atoms with van der Waals surface area (Å²) in [6, 6.07) is 5.57. The predicted octanol–water partition coefficient (Wildman–Crippen LogP) is 3.99. The summed E-state index contributed by atoms with van der Waals surface area (Å²) in [6.45, 7) is 0. The van der Waals surface area contributed by atoms with E-state index in [0.29, 0.717) is 5.56 Å². The minimum absolute atomic E-state index is 0.149. The van der Waals surface area contributed by atoms with Crippen LogP contribution in [0, 0.1) is 0 Å². The lowest BCUT2D eigenvalue weighted by Crippen LogP contribution is -2.23. The normalized spacial score (nSPS) is 23.3. The molecule has 1 atom stereocenters. The van der Waals surface area contributed by atoms with Gasteiger partial charge in [-0.2, -0.15) is 13.2 Å². The Balaban J connectivity index is 2.21. The first-order chi connectivity index (χ1) is 8.45. The van der Waals surface area contributed by atoms with E-state index >= 15 is 0 Å². The van der Waals surface area contributed by atoms with E-state index in [-0.39, 0.29) is 6.04 Å². The van der Waals surface area contributed by atoms with Gasteiger partial charge in [0.25, 0.3) is 0 Å². The maximum absolute atomic E-state index is 12.6. The molecule has 2 rings (SSSR count). The molecule has 0 bridgehead atoms. The van der Waals surface area contributed by atoms with Crippen molar-refractivity contribution in [1.29, 1.82) is 0 Å². The molecule has 1 fully saturated rings. The van der Waals surface area contributed by atoms with Crippen molar-refractivity contribution < 1.29 is 13.2 Å². The van der Waals surface area contributed by atoms with Crippen molar-refractivity contribution in [3.05, 3.63) is 41.0 Å². The molecule has 0 saturated heterocycles. The molecule has 2 N–H and O–H groups in total. The van der Waals surface area contributed by atoms with Gasteiger partial charge in [-0.25, -0.2) is 0 Å². The van der Waals surface area contributed by atoms with Gasteiger partial charge in [-0.1, -0.05) is 23.8 Å². The lowest BCUT2D eigenvalue weighted by molar-refractivity contribution is -0.137. The molecule has 98 valence electrons. The molecule has 0 aromatic heterocycles. The summed E-state index contributed by atoms with van der Waals surface area (Å²) in [4.78, 5) is 0. The van der Waals surface area contributed by atoms with Crippen molar-refractivity contribution in [3.63, 3.8) is 0 Å². The van der Waals surface area contributed by atoms with Crippen LogP contribution in [0.25, 0.3) is 6.08 Å². The largest absolute Gasteiger partial charge is 0.416 e. The van der Waals surface area contributed by atoms with Gasteiger partial charge in [-0.3, -0.25) is 0 Å². The van der Waals surface area contributed by atoms with Crippen LogP contribution >= 0.6 is 0 Å². The average molecular weight is 255 g/mol. The van der Waals surface area contributed by atoms with E-state index in [0.717, 1.165) is 37.3 Å². The number of nitrogens with two attached hydrogens (primary N) is 1. The monoisotopic (exact) mass is 255 g/mol. The summed E-state index contributed by atoms with van der Waals surface area (Å²) >= 11 is 0. The van der Waals surface area contributed by atoms with Crippen molar-refractivity contribution in [2.24, 2.45) is 5.73 Å². The van der Waals surface area contributed by atoms with Crippen LogP contribution in [0.4, 0.5) is 13.2 Å². The first kappa shape index (κ1) is 13.1. The summed E-state index contributed by atoms with van der Waals surface area (Å²) < 4.78 is 37.7. The highest BCUT2D eigenvalue weighted by molar-refractivity contribution is 5.54. The fourth-order valence-electron chi connectivity index (χ4n) is 2.30. The highest BCUT2D eigenvalue weighted by atomic mass is 19.4. The molecule has 4 heteroatoms. The molecule has 0 spiro atoms. The quantitative estimate of drug-likeness (QED) is 0.806. The minimum atomic E-state index is -4.28. The molecule has 0 radical (unpaired) electrons. The van der Waals surface area contributed by atoms with Crippen LogP contribution in [-0.4, -0.2) is 6.04 Å². The molecule has 0 aliphatic heterocycles. The zero-order valence-electron chi connectivity index (χ0n) is 10.0. The molecule has 1 unspecified atom stereocenters. The second-order valence-electron chi connectivity index (χ2n) is 4.78. The Morgan fingerprint density at radius 2 is 2.06 bits per heavy atom. The Labute approximate surface area is 104 Å². The van der Waals surface area contributed by atoms with E-state index in [9.17, 15) is 13.2 Å². The van der Waals surface area contributed by atoms with Gasteiger partial charge in [-0.05, 0) is 43.4 Å². The summed E-state index contributed by atoms with van der Waals surface area (Å²) in [6.07, 6.45) is 1.30. The van der Waals surface area contributed by atoms with Crippen LogP contribution in [-0.2, 0) is 6.18 Å². The number of hydrogen-bond donors (Lipinski definition) is 1. The third-order valence-electron chi connectivity index (χ3n) is 3.18. The third kappa shape index (κ3) is 3.35. The summed E-state index contributed by atoms with van der Waals surface area (Å²) in [5.41, 5.74) is 7.01. The zero-order valence-corrected chi connectivity index (χ0v) is 10.0. The van der Waals surface area contributed by atoms with Crippen molar-refractivity contribution in [2.75, 3.05) is 0 Å². The first-order valence-electron chi connectivity index (χ1n) is 6.07. The van der Waals surface area contributed by atoms with Gasteiger partial charge < -0.3 is 5.73 Å². The fourth-order valence-corrected chi connectivity index (χ4v) is 2.30. The van der Waals surface area contributed by atoms with Gasteiger partial charge in [0.1, 0.15) is 0 Å². The van der Waals surface area contributed by atoms with Crippen LogP contribution in [0.5, 0.6) is 0 Å². The Morgan fingerprint density at radius 1 is 1.28 bits per heavy atom. The Kier molecular flexibility index (Phi) is 3.76. The highest BCUT2D eigenvalue weighted by Gasteiger charge is 2.30. The molecular weight excluding hydrogens is 239 g/mol. The predicted molar refractivity (Wildman–Crippen MR) is 65.9 cm³/mol. The summed E-state index contributed by atoms with van der Waals surface area (Å²) in [7, 11) is 0. The Morgan fingerprint density at radius 3 is 2.72 bits per heavy atom. The molecule has 1 aromatic rings. The fraction of sp³-hybridized carbons (Fsp3) is 0.429. The second kappa shape index (κ2) is 5.14. The zero-order chi connectivity index (χ0) is 13.2. The van der Waals surface area contributed by atoms with E-state index in [1.807, 2.05) is 6.08 Å². The Hall–Kier alpha value is -1.29. The van der Waals surface area contributed by atoms with E-state index in [1.165, 1.54) is 12.1 Å². The minimum Gasteiger partial charge on any atom is -0.327 e. The number of alkyl halides is 3. The van der Waals surface area contributed by atoms with Crippen LogP contribution in [0.15, 0.2) is 29.8 Å². The second-order valence-corrected chi connectivity index (χ2v) is 4.78. The van der Waals surface area contributed by atoms with Gasteiger partial charge in [0.05, 0.1) is 5.56 Å². The number of rotatable bonds is 1. The first-order valence-corrected chi connectivity index (χ1v) is 6.07. The van der Waals surface area contributed by atoms with Gasteiger partial charge in [-0.15, -0.1) is 0 Å². The van der Waals surface area contributed by atoms with Crippen molar-refractivity contribution >= 4 is 6.08 Å². The molecule has 1 saturated carbocycles. The molecule has 1 aliphatic carbocycles. The molecule has 1 aromatic carbocycles. The lowest BCUT2D eigenvalue weighted by Gasteiger charge is -2.20. The smallest absolute Gasteiger partial charge is 0.327 e. The maximum atomic E-state index is 12.6. The highest BCUT2D eigenvalue weighted by Crippen LogP contribution is 2.31. The molecule has 0 amide bonds. The van der Waals surface area contributed by atoms with Crippen molar-refractivity contribution in [1.82, 2.24) is 0 Å². The van der Waals surface area contributed by atoms with Crippen molar-refractivity contribution in [2.45, 2.75) is 37.9 Å². The Bertz CT molecular complexity index is 449. The number of hydrogen-bond acceptors (Lipinski definition) is 1.